The van der Waals surface area contributed by atoms with Crippen molar-refractivity contribution in [3.63, 3.8) is 0 Å². The van der Waals surface area contributed by atoms with Crippen molar-refractivity contribution in [3.8, 4) is 22.6 Å². The molecule has 2 saturated carbocycles. The lowest BCUT2D eigenvalue weighted by Crippen LogP contribution is -2.54. The lowest BCUT2D eigenvalue weighted by molar-refractivity contribution is -0.136. The van der Waals surface area contributed by atoms with Gasteiger partial charge in [-0.2, -0.15) is 0 Å². The second kappa shape index (κ2) is 16.0. The lowest BCUT2D eigenvalue weighted by atomic mass is 9.98. The Kier molecular flexibility index (Phi) is 10.8. The molecule has 1 unspecified atom stereocenters. The first-order chi connectivity index (χ1) is 29.2. The molecule has 8 rings (SSSR count). The molecule has 0 spiro atoms. The van der Waals surface area contributed by atoms with E-state index in [-0.39, 0.29) is 46.3 Å². The predicted octanol–water partition coefficient (Wildman–Crippen LogP) is 3.70. The number of amides is 5. The smallest absolute Gasteiger partial charge is 0.262 e. The predicted molar refractivity (Wildman–Crippen MR) is 229 cm³/mol. The average Bonchev–Trinajstić information content (AvgIpc) is 4.05. The summed E-state index contributed by atoms with van der Waals surface area (Å²) in [4.78, 5) is 86.0. The zero-order chi connectivity index (χ0) is 43.4. The molecule has 2 aromatic carbocycles. The maximum atomic E-state index is 13.4. The SMILES string of the molecule is COc1cc(-c2cn(C)c(=O)c3cnc(N(C)C)cc23)cc(OC)c1CN(C)CC12CC1(C(=O)NCCCCCNc1ccc3c(c1)C(=O)N(C1CCC(=O)NC1=O)C3=O)C2. The van der Waals surface area contributed by atoms with Crippen LogP contribution in [-0.2, 0) is 28.0 Å². The molecule has 0 radical (unpaired) electrons. The number of imide groups is 2. The van der Waals surface area contributed by atoms with E-state index in [0.29, 0.717) is 42.2 Å². The van der Waals surface area contributed by atoms with Crippen LogP contribution in [0, 0.1) is 10.8 Å². The number of hydrogen-bond donors (Lipinski definition) is 3. The number of anilines is 2. The molecule has 4 heterocycles. The van der Waals surface area contributed by atoms with Gasteiger partial charge < -0.3 is 34.5 Å². The number of fused-ring (bicyclic) bond motifs is 3. The van der Waals surface area contributed by atoms with Gasteiger partial charge in [-0.3, -0.25) is 39.0 Å². The highest BCUT2D eigenvalue weighted by Gasteiger charge is 2.86. The molecule has 4 aliphatic rings. The van der Waals surface area contributed by atoms with E-state index in [9.17, 15) is 28.8 Å². The largest absolute Gasteiger partial charge is 0.496 e. The van der Waals surface area contributed by atoms with Crippen molar-refractivity contribution >= 4 is 51.8 Å². The first-order valence-corrected chi connectivity index (χ1v) is 20.7. The number of pyridine rings is 2. The molecule has 16 heteroatoms. The highest BCUT2D eigenvalue weighted by Crippen LogP contribution is 2.86. The molecule has 5 amide bonds. The van der Waals surface area contributed by atoms with E-state index in [4.69, 9.17) is 9.47 Å². The van der Waals surface area contributed by atoms with Gasteiger partial charge in [0, 0.05) is 82.8 Å². The van der Waals surface area contributed by atoms with Crippen LogP contribution in [0.15, 0.2) is 53.6 Å². The van der Waals surface area contributed by atoms with Crippen molar-refractivity contribution in [2.45, 2.75) is 57.5 Å². The first-order valence-electron chi connectivity index (χ1n) is 20.7. The minimum Gasteiger partial charge on any atom is -0.496 e. The van der Waals surface area contributed by atoms with Gasteiger partial charge in [0.05, 0.1) is 41.7 Å². The fraction of sp³-hybridized carbons (Fsp3) is 0.444. The fourth-order valence-corrected chi connectivity index (χ4v) is 9.25. The van der Waals surface area contributed by atoms with Crippen LogP contribution in [0.3, 0.4) is 0 Å². The normalized spacial score (nSPS) is 21.3. The maximum Gasteiger partial charge on any atom is 0.262 e. The molecule has 4 aromatic rings. The summed E-state index contributed by atoms with van der Waals surface area (Å²) in [5, 5.41) is 10.0. The summed E-state index contributed by atoms with van der Waals surface area (Å²) in [6, 6.07) is 9.87. The Morgan fingerprint density at radius 3 is 2.30 bits per heavy atom. The summed E-state index contributed by atoms with van der Waals surface area (Å²) in [5.41, 5.74) is 3.34. The van der Waals surface area contributed by atoms with Crippen LogP contribution in [0.5, 0.6) is 11.5 Å². The van der Waals surface area contributed by atoms with Gasteiger partial charge >= 0.3 is 0 Å². The van der Waals surface area contributed by atoms with E-state index < -0.39 is 29.7 Å². The molecule has 1 atom stereocenters. The van der Waals surface area contributed by atoms with Gasteiger partial charge in [-0.15, -0.1) is 0 Å². The van der Waals surface area contributed by atoms with Crippen molar-refractivity contribution in [2.75, 3.05) is 65.2 Å². The first kappa shape index (κ1) is 41.4. The molecule has 2 aliphatic carbocycles. The minimum atomic E-state index is -0.997. The summed E-state index contributed by atoms with van der Waals surface area (Å²) in [5.74, 6) is 0.103. The minimum absolute atomic E-state index is 0.0250. The van der Waals surface area contributed by atoms with Crippen LogP contribution < -0.4 is 35.9 Å². The molecular formula is C45H52N8O8. The number of methoxy groups -OCH3 is 2. The number of carbonyl (C=O) groups is 5. The number of rotatable bonds is 17. The maximum absolute atomic E-state index is 13.4. The van der Waals surface area contributed by atoms with Gasteiger partial charge in [0.2, 0.25) is 17.7 Å². The molecule has 2 aromatic heterocycles. The van der Waals surface area contributed by atoms with Crippen molar-refractivity contribution < 1.29 is 33.4 Å². The lowest BCUT2D eigenvalue weighted by Gasteiger charge is -2.27. The van der Waals surface area contributed by atoms with E-state index in [2.05, 4.69) is 32.9 Å². The van der Waals surface area contributed by atoms with E-state index >= 15 is 0 Å². The Bertz CT molecular complexity index is 2520. The molecule has 16 nitrogen and oxygen atoms in total. The third kappa shape index (κ3) is 7.46. The van der Waals surface area contributed by atoms with Crippen molar-refractivity contribution in [3.05, 3.63) is 75.8 Å². The van der Waals surface area contributed by atoms with Gasteiger partial charge in [-0.1, -0.05) is 0 Å². The number of piperidine rings is 1. The Balaban J connectivity index is 0.807. The Hall–Kier alpha value is -6.29. The average molecular weight is 833 g/mol. The summed E-state index contributed by atoms with van der Waals surface area (Å²) < 4.78 is 13.4. The van der Waals surface area contributed by atoms with Crippen molar-refractivity contribution in [2.24, 2.45) is 17.9 Å². The Labute approximate surface area is 353 Å². The van der Waals surface area contributed by atoms with Gasteiger partial charge in [-0.25, -0.2) is 4.98 Å². The highest BCUT2D eigenvalue weighted by atomic mass is 16.5. The molecular weight excluding hydrogens is 781 g/mol. The van der Waals surface area contributed by atoms with E-state index in [1.54, 1.807) is 50.2 Å². The number of benzene rings is 2. The Morgan fingerprint density at radius 2 is 1.61 bits per heavy atom. The van der Waals surface area contributed by atoms with Crippen LogP contribution >= 0.6 is 0 Å². The third-order valence-corrected chi connectivity index (χ3v) is 12.8. The highest BCUT2D eigenvalue weighted by molar-refractivity contribution is 6.23. The molecule has 2 aliphatic heterocycles. The number of carbonyl (C=O) groups excluding carboxylic acids is 5. The number of aromatic nitrogens is 2. The van der Waals surface area contributed by atoms with Crippen molar-refractivity contribution in [1.29, 1.82) is 0 Å². The van der Waals surface area contributed by atoms with E-state index in [0.717, 1.165) is 71.4 Å². The van der Waals surface area contributed by atoms with Crippen LogP contribution in [0.4, 0.5) is 11.5 Å². The second-order valence-electron chi connectivity index (χ2n) is 17.1. The van der Waals surface area contributed by atoms with Gasteiger partial charge in [0.1, 0.15) is 23.4 Å². The summed E-state index contributed by atoms with van der Waals surface area (Å²) >= 11 is 0. The number of hydrogen-bond acceptors (Lipinski definition) is 12. The number of nitrogens with one attached hydrogen (secondary N) is 3. The molecule has 0 bridgehead atoms. The number of ether oxygens (including phenoxy) is 2. The standard InChI is InChI=1S/C45H52N8O8/c1-50(2)37-19-29-31(20-48-37)40(56)52(4)22-32(29)26-16-35(60-5)33(36(17-26)61-6)21-51(3)25-44-23-45(44,24-44)43(59)47-15-9-7-8-14-46-27-10-11-28-30(18-27)42(58)53(41(28)57)34-12-13-38(54)49-39(34)55/h10-11,16-20,22,34,46H,7-9,12-15,21,23-25H2,1-6H3,(H,47,59)(H,49,54,55). The molecule has 3 N–H and O–H groups in total. The van der Waals surface area contributed by atoms with Gasteiger partial charge in [0.15, 0.2) is 0 Å². The van der Waals surface area contributed by atoms with Crippen LogP contribution in [0.25, 0.3) is 21.9 Å². The number of nitrogens with zero attached hydrogens (tertiary/aromatic N) is 5. The second-order valence-corrected chi connectivity index (χ2v) is 17.1. The van der Waals surface area contributed by atoms with Gasteiger partial charge in [0.25, 0.3) is 17.4 Å². The topological polar surface area (TPSA) is 185 Å². The van der Waals surface area contributed by atoms with E-state index in [1.165, 1.54) is 0 Å². The van der Waals surface area contributed by atoms with E-state index in [1.807, 2.05) is 43.4 Å². The molecule has 1 saturated heterocycles. The molecule has 3 fully saturated rings. The zero-order valence-corrected chi connectivity index (χ0v) is 35.5. The quantitative estimate of drug-likeness (QED) is 0.104. The van der Waals surface area contributed by atoms with Crippen LogP contribution in [0.2, 0.25) is 0 Å². The third-order valence-electron chi connectivity index (χ3n) is 12.8. The monoisotopic (exact) mass is 832 g/mol. The molecule has 320 valence electrons. The van der Waals surface area contributed by atoms with Crippen LogP contribution in [-0.4, -0.2) is 110 Å². The number of aryl methyl sites for hydroxylation is 1. The van der Waals surface area contributed by atoms with Gasteiger partial charge in [-0.05, 0) is 92.9 Å². The molecule has 61 heavy (non-hydrogen) atoms. The fourth-order valence-electron chi connectivity index (χ4n) is 9.25. The van der Waals surface area contributed by atoms with Crippen molar-refractivity contribution in [1.82, 2.24) is 30.0 Å². The summed E-state index contributed by atoms with van der Waals surface area (Å²) in [6.07, 6.45) is 7.94. The van der Waals surface area contributed by atoms with Crippen LogP contribution in [0.1, 0.15) is 71.2 Å². The Morgan fingerprint density at radius 1 is 0.902 bits per heavy atom. The zero-order valence-electron chi connectivity index (χ0n) is 35.5. The number of unbranched alkanes of at least 4 members (excludes halogenated alkanes) is 2. The summed E-state index contributed by atoms with van der Waals surface area (Å²) in [6.45, 7) is 2.56. The summed E-state index contributed by atoms with van der Waals surface area (Å²) in [7, 11) is 10.9.